The molecule has 2 aromatic heterocycles. The second-order valence-electron chi connectivity index (χ2n) is 7.09. The molecule has 10 nitrogen and oxygen atoms in total. The first-order chi connectivity index (χ1) is 14.1. The summed E-state index contributed by atoms with van der Waals surface area (Å²) < 4.78 is 0. The number of piperazine rings is 2. The summed E-state index contributed by atoms with van der Waals surface area (Å²) in [5.41, 5.74) is 0.473. The van der Waals surface area contributed by atoms with Crippen molar-refractivity contribution in [1.29, 1.82) is 0 Å². The molecule has 0 radical (unpaired) electrons. The Morgan fingerprint density at radius 2 is 1.21 bits per heavy atom. The van der Waals surface area contributed by atoms with E-state index in [1.54, 1.807) is 47.6 Å². The lowest BCUT2D eigenvalue weighted by Gasteiger charge is -2.35. The molecule has 0 spiro atoms. The largest absolute Gasteiger partial charge is 0.339 e. The molecule has 0 bridgehead atoms. The second-order valence-corrected chi connectivity index (χ2v) is 7.09. The van der Waals surface area contributed by atoms with Crippen LogP contribution in [0.5, 0.6) is 0 Å². The average Bonchev–Trinajstić information content (AvgIpc) is 2.79. The van der Waals surface area contributed by atoms with Gasteiger partial charge >= 0.3 is 0 Å². The van der Waals surface area contributed by atoms with Crippen molar-refractivity contribution in [3.05, 3.63) is 36.4 Å². The first kappa shape index (κ1) is 19.0. The van der Waals surface area contributed by atoms with Gasteiger partial charge in [-0.1, -0.05) is 0 Å². The summed E-state index contributed by atoms with van der Waals surface area (Å²) in [4.78, 5) is 49.2. The molecule has 0 unspecified atom stereocenters. The van der Waals surface area contributed by atoms with Gasteiger partial charge in [-0.3, -0.25) is 9.59 Å². The van der Waals surface area contributed by atoms with Crippen molar-refractivity contribution in [2.75, 3.05) is 62.2 Å². The van der Waals surface area contributed by atoms with Gasteiger partial charge in [0, 0.05) is 84.1 Å². The highest BCUT2D eigenvalue weighted by Gasteiger charge is 2.25. The van der Waals surface area contributed by atoms with Crippen LogP contribution in [0.15, 0.2) is 30.9 Å². The van der Waals surface area contributed by atoms with E-state index >= 15 is 0 Å². The topological polar surface area (TPSA) is 98.7 Å². The molecule has 0 saturated carbocycles. The minimum atomic E-state index is -0.0919. The number of carbonyl (C=O) groups excluding carboxylic acids is 2. The highest BCUT2D eigenvalue weighted by atomic mass is 16.2. The monoisotopic (exact) mass is 396 g/mol. The zero-order valence-electron chi connectivity index (χ0n) is 16.4. The number of aromatic nitrogens is 4. The van der Waals surface area contributed by atoms with Crippen LogP contribution in [0, 0.1) is 0 Å². The molecule has 2 fully saturated rings. The third-order valence-corrected chi connectivity index (χ3v) is 5.29. The normalized spacial score (nSPS) is 17.4. The lowest BCUT2D eigenvalue weighted by atomic mass is 10.2. The summed E-state index contributed by atoms with van der Waals surface area (Å²) in [6, 6.07) is 1.81. The summed E-state index contributed by atoms with van der Waals surface area (Å²) in [7, 11) is 0. The first-order valence-corrected chi connectivity index (χ1v) is 9.75. The van der Waals surface area contributed by atoms with Crippen LogP contribution in [-0.2, 0) is 4.79 Å². The Hall–Kier alpha value is -3.30. The summed E-state index contributed by atoms with van der Waals surface area (Å²) in [6.07, 6.45) is 6.67. The fourth-order valence-electron chi connectivity index (χ4n) is 3.56. The van der Waals surface area contributed by atoms with Crippen molar-refractivity contribution in [2.45, 2.75) is 6.92 Å². The van der Waals surface area contributed by atoms with E-state index in [2.05, 4.69) is 29.7 Å². The van der Waals surface area contributed by atoms with Crippen molar-refractivity contribution < 1.29 is 9.59 Å². The molecule has 0 aromatic carbocycles. The minimum absolute atomic E-state index is 0.0451. The molecule has 4 heterocycles. The van der Waals surface area contributed by atoms with E-state index in [4.69, 9.17) is 0 Å². The molecule has 2 aromatic rings. The van der Waals surface area contributed by atoms with Crippen molar-refractivity contribution in [3.63, 3.8) is 0 Å². The number of anilines is 2. The predicted octanol–water partition coefficient (Wildman–Crippen LogP) is -0.102. The van der Waals surface area contributed by atoms with Crippen molar-refractivity contribution in [2.24, 2.45) is 0 Å². The van der Waals surface area contributed by atoms with E-state index in [9.17, 15) is 9.59 Å². The highest BCUT2D eigenvalue weighted by Crippen LogP contribution is 2.15. The van der Waals surface area contributed by atoms with Crippen LogP contribution < -0.4 is 9.80 Å². The fraction of sp³-hybridized carbons (Fsp3) is 0.474. The summed E-state index contributed by atoms with van der Waals surface area (Å²) >= 11 is 0. The van der Waals surface area contributed by atoms with E-state index in [0.29, 0.717) is 37.7 Å². The van der Waals surface area contributed by atoms with Crippen molar-refractivity contribution >= 4 is 23.7 Å². The fourth-order valence-corrected chi connectivity index (χ4v) is 3.56. The zero-order valence-corrected chi connectivity index (χ0v) is 16.4. The van der Waals surface area contributed by atoms with Crippen LogP contribution in [0.4, 0.5) is 11.9 Å². The molecule has 4 rings (SSSR count). The molecule has 10 heteroatoms. The summed E-state index contributed by atoms with van der Waals surface area (Å²) in [5, 5.41) is 0. The molecule has 2 aliphatic rings. The standard InChI is InChI=1S/C19H24N8O2/c1-15(28)24-5-7-25(8-6-24)17(29)16-13-22-19(23-14-16)27-11-9-26(10-12-27)18-20-3-2-4-21-18/h2-4,13-14H,5-12H2,1H3. The van der Waals surface area contributed by atoms with Gasteiger partial charge in [-0.05, 0) is 6.07 Å². The van der Waals surface area contributed by atoms with Crippen molar-refractivity contribution in [1.82, 2.24) is 29.7 Å². The van der Waals surface area contributed by atoms with Crippen LogP contribution in [0.3, 0.4) is 0 Å². The second kappa shape index (κ2) is 8.38. The average molecular weight is 396 g/mol. The molecular weight excluding hydrogens is 372 g/mol. The SMILES string of the molecule is CC(=O)N1CCN(C(=O)c2cnc(N3CCN(c4ncccn4)CC3)nc2)CC1. The molecule has 0 N–H and O–H groups in total. The smallest absolute Gasteiger partial charge is 0.257 e. The van der Waals surface area contributed by atoms with Gasteiger partial charge in [0.15, 0.2) is 0 Å². The summed E-state index contributed by atoms with van der Waals surface area (Å²) in [6.45, 7) is 6.84. The Morgan fingerprint density at radius 3 is 1.72 bits per heavy atom. The van der Waals surface area contributed by atoms with Gasteiger partial charge in [0.2, 0.25) is 17.8 Å². The molecule has 29 heavy (non-hydrogen) atoms. The maximum Gasteiger partial charge on any atom is 0.257 e. The molecule has 2 amide bonds. The summed E-state index contributed by atoms with van der Waals surface area (Å²) in [5.74, 6) is 1.31. The van der Waals surface area contributed by atoms with Crippen molar-refractivity contribution in [3.8, 4) is 0 Å². The number of carbonyl (C=O) groups is 2. The molecule has 152 valence electrons. The number of hydrogen-bond donors (Lipinski definition) is 0. The van der Waals surface area contributed by atoms with Crippen LogP contribution >= 0.6 is 0 Å². The molecule has 2 aliphatic heterocycles. The van der Waals surface area contributed by atoms with E-state index in [-0.39, 0.29) is 11.8 Å². The molecule has 0 atom stereocenters. The maximum atomic E-state index is 12.7. The highest BCUT2D eigenvalue weighted by molar-refractivity contribution is 5.93. The Labute approximate surface area is 169 Å². The zero-order chi connectivity index (χ0) is 20.2. The number of amides is 2. The van der Waals surface area contributed by atoms with Gasteiger partial charge in [0.1, 0.15) is 0 Å². The number of nitrogens with zero attached hydrogens (tertiary/aromatic N) is 8. The van der Waals surface area contributed by atoms with Gasteiger partial charge in [-0.2, -0.15) is 0 Å². The lowest BCUT2D eigenvalue weighted by Crippen LogP contribution is -2.50. The van der Waals surface area contributed by atoms with Crippen LogP contribution in [0.1, 0.15) is 17.3 Å². The predicted molar refractivity (Wildman–Crippen MR) is 107 cm³/mol. The lowest BCUT2D eigenvalue weighted by molar-refractivity contribution is -0.130. The molecular formula is C19H24N8O2. The minimum Gasteiger partial charge on any atom is -0.339 e. The van der Waals surface area contributed by atoms with E-state index in [1.807, 2.05) is 0 Å². The first-order valence-electron chi connectivity index (χ1n) is 9.75. The van der Waals surface area contributed by atoms with Gasteiger partial charge in [0.25, 0.3) is 5.91 Å². The van der Waals surface area contributed by atoms with Gasteiger partial charge in [-0.15, -0.1) is 0 Å². The van der Waals surface area contributed by atoms with Gasteiger partial charge in [-0.25, -0.2) is 19.9 Å². The van der Waals surface area contributed by atoms with E-state index in [0.717, 1.165) is 32.1 Å². The Kier molecular flexibility index (Phi) is 5.50. The van der Waals surface area contributed by atoms with Crippen LogP contribution in [0.25, 0.3) is 0 Å². The van der Waals surface area contributed by atoms with E-state index < -0.39 is 0 Å². The van der Waals surface area contributed by atoms with E-state index in [1.165, 1.54) is 0 Å². The Bertz CT molecular complexity index is 844. The van der Waals surface area contributed by atoms with Crippen LogP contribution in [0.2, 0.25) is 0 Å². The van der Waals surface area contributed by atoms with Crippen LogP contribution in [-0.4, -0.2) is 93.9 Å². The number of hydrogen-bond acceptors (Lipinski definition) is 8. The third kappa shape index (κ3) is 4.25. The number of rotatable bonds is 3. The maximum absolute atomic E-state index is 12.7. The molecule has 0 aliphatic carbocycles. The van der Waals surface area contributed by atoms with Gasteiger partial charge < -0.3 is 19.6 Å². The third-order valence-electron chi connectivity index (χ3n) is 5.29. The Balaban J connectivity index is 1.33. The van der Waals surface area contributed by atoms with Gasteiger partial charge in [0.05, 0.1) is 5.56 Å². The quantitative estimate of drug-likeness (QED) is 0.709. The molecule has 2 saturated heterocycles. The Morgan fingerprint density at radius 1 is 0.724 bits per heavy atom.